The van der Waals surface area contributed by atoms with E-state index in [1.54, 1.807) is 13.0 Å². The van der Waals surface area contributed by atoms with Crippen LogP contribution in [0.2, 0.25) is 0 Å². The summed E-state index contributed by atoms with van der Waals surface area (Å²) in [5.74, 6) is 0.388. The van der Waals surface area contributed by atoms with Gasteiger partial charge < -0.3 is 0 Å². The van der Waals surface area contributed by atoms with E-state index in [4.69, 9.17) is 11.6 Å². The first-order valence-electron chi connectivity index (χ1n) is 4.39. The molecule has 0 aliphatic rings. The first kappa shape index (κ1) is 12.9. The molecule has 6 heteroatoms. The molecule has 0 unspecified atom stereocenters. The summed E-state index contributed by atoms with van der Waals surface area (Å²) in [6.45, 7) is 1.75. The third-order valence-corrected chi connectivity index (χ3v) is 4.66. The molecule has 1 aromatic rings. The molecular formula is C9H11BrClNO2S. The van der Waals surface area contributed by atoms with E-state index in [1.165, 1.54) is 6.07 Å². The fourth-order valence-corrected chi connectivity index (χ4v) is 2.84. The summed E-state index contributed by atoms with van der Waals surface area (Å²) >= 11 is 8.73. The minimum Gasteiger partial charge on any atom is -0.240 e. The molecule has 0 N–H and O–H groups in total. The first-order chi connectivity index (χ1) is 6.97. The fourth-order valence-electron chi connectivity index (χ4n) is 1.04. The van der Waals surface area contributed by atoms with Crippen molar-refractivity contribution >= 4 is 37.4 Å². The molecule has 0 aromatic carbocycles. The molecule has 0 amide bonds. The molecule has 0 saturated heterocycles. The van der Waals surface area contributed by atoms with Crippen LogP contribution >= 0.6 is 27.5 Å². The minimum atomic E-state index is -3.28. The Balaban J connectivity index is 3.00. The van der Waals surface area contributed by atoms with Crippen molar-refractivity contribution < 1.29 is 8.42 Å². The van der Waals surface area contributed by atoms with Gasteiger partial charge in [0.05, 0.1) is 11.4 Å². The zero-order valence-electron chi connectivity index (χ0n) is 8.20. The number of rotatable bonds is 4. The zero-order chi connectivity index (χ0) is 11.5. The maximum atomic E-state index is 11.7. The zero-order valence-corrected chi connectivity index (χ0v) is 11.4. The normalized spacial score (nSPS) is 11.7. The highest BCUT2D eigenvalue weighted by Gasteiger charge is 2.15. The SMILES string of the molecule is Cc1nc(S(=O)(=O)CCCCl)ccc1Br. The van der Waals surface area contributed by atoms with Gasteiger partial charge in [0.2, 0.25) is 0 Å². The van der Waals surface area contributed by atoms with E-state index in [0.717, 1.165) is 4.47 Å². The third-order valence-electron chi connectivity index (χ3n) is 1.86. The van der Waals surface area contributed by atoms with Crippen molar-refractivity contribution in [1.29, 1.82) is 0 Å². The van der Waals surface area contributed by atoms with Crippen molar-refractivity contribution in [2.24, 2.45) is 0 Å². The lowest BCUT2D eigenvalue weighted by molar-refractivity contribution is 0.590. The van der Waals surface area contributed by atoms with E-state index in [1.807, 2.05) is 0 Å². The topological polar surface area (TPSA) is 47.0 Å². The van der Waals surface area contributed by atoms with Gasteiger partial charge in [-0.05, 0) is 41.4 Å². The van der Waals surface area contributed by atoms with Crippen LogP contribution in [0.4, 0.5) is 0 Å². The van der Waals surface area contributed by atoms with Crippen LogP contribution in [0.3, 0.4) is 0 Å². The van der Waals surface area contributed by atoms with Crippen molar-refractivity contribution in [1.82, 2.24) is 4.98 Å². The van der Waals surface area contributed by atoms with Crippen molar-refractivity contribution in [3.63, 3.8) is 0 Å². The molecule has 0 bridgehead atoms. The Labute approximate surface area is 103 Å². The molecule has 3 nitrogen and oxygen atoms in total. The van der Waals surface area contributed by atoms with Crippen molar-refractivity contribution in [2.75, 3.05) is 11.6 Å². The molecule has 1 rings (SSSR count). The van der Waals surface area contributed by atoms with Crippen LogP contribution in [-0.2, 0) is 9.84 Å². The largest absolute Gasteiger partial charge is 0.240 e. The Morgan fingerprint density at radius 3 is 2.67 bits per heavy atom. The molecule has 0 aliphatic carbocycles. The summed E-state index contributed by atoms with van der Waals surface area (Å²) in [6, 6.07) is 3.19. The van der Waals surface area contributed by atoms with Crippen molar-refractivity contribution in [2.45, 2.75) is 18.4 Å². The van der Waals surface area contributed by atoms with E-state index >= 15 is 0 Å². The molecular weight excluding hydrogens is 302 g/mol. The van der Waals surface area contributed by atoms with Gasteiger partial charge in [-0.1, -0.05) is 0 Å². The van der Waals surface area contributed by atoms with Crippen LogP contribution in [0.1, 0.15) is 12.1 Å². The van der Waals surface area contributed by atoms with E-state index in [2.05, 4.69) is 20.9 Å². The van der Waals surface area contributed by atoms with Crippen LogP contribution in [0.25, 0.3) is 0 Å². The fraction of sp³-hybridized carbons (Fsp3) is 0.444. The number of aromatic nitrogens is 1. The number of nitrogens with zero attached hydrogens (tertiary/aromatic N) is 1. The van der Waals surface area contributed by atoms with Crippen LogP contribution in [0.15, 0.2) is 21.6 Å². The average Bonchev–Trinajstić information content (AvgIpc) is 2.19. The van der Waals surface area contributed by atoms with Crippen molar-refractivity contribution in [3.05, 3.63) is 22.3 Å². The molecule has 0 radical (unpaired) electrons. The van der Waals surface area contributed by atoms with Crippen LogP contribution in [0.5, 0.6) is 0 Å². The second-order valence-electron chi connectivity index (χ2n) is 3.08. The average molecular weight is 313 g/mol. The van der Waals surface area contributed by atoms with Crippen LogP contribution in [0, 0.1) is 6.92 Å². The molecule has 0 aliphatic heterocycles. The maximum Gasteiger partial charge on any atom is 0.195 e. The minimum absolute atomic E-state index is 0.0462. The molecule has 0 fully saturated rings. The molecule has 1 heterocycles. The molecule has 84 valence electrons. The lowest BCUT2D eigenvalue weighted by Crippen LogP contribution is -2.09. The standard InChI is InChI=1S/C9H11BrClNO2S/c1-7-8(10)3-4-9(12-7)15(13,14)6-2-5-11/h3-4H,2,5-6H2,1H3. The van der Waals surface area contributed by atoms with E-state index in [0.29, 0.717) is 18.0 Å². The van der Waals surface area contributed by atoms with Gasteiger partial charge in [-0.15, -0.1) is 11.6 Å². The number of halogens is 2. The lowest BCUT2D eigenvalue weighted by atomic mass is 10.4. The summed E-state index contributed by atoms with van der Waals surface area (Å²) in [5.41, 5.74) is 0.668. The predicted molar refractivity (Wildman–Crippen MR) is 64.1 cm³/mol. The highest BCUT2D eigenvalue weighted by molar-refractivity contribution is 9.10. The maximum absolute atomic E-state index is 11.7. The third kappa shape index (κ3) is 3.43. The van der Waals surface area contributed by atoms with E-state index in [9.17, 15) is 8.42 Å². The predicted octanol–water partition coefficient (Wildman–Crippen LogP) is 2.56. The monoisotopic (exact) mass is 311 g/mol. The Hall–Kier alpha value is -0.130. The summed E-state index contributed by atoms with van der Waals surface area (Å²) in [4.78, 5) is 4.02. The van der Waals surface area contributed by atoms with E-state index in [-0.39, 0.29) is 10.8 Å². The molecule has 0 atom stereocenters. The van der Waals surface area contributed by atoms with Gasteiger partial charge in [-0.25, -0.2) is 13.4 Å². The summed E-state index contributed by atoms with van der Waals surface area (Å²) in [5, 5.41) is 0.119. The summed E-state index contributed by atoms with van der Waals surface area (Å²) in [6.07, 6.45) is 0.445. The van der Waals surface area contributed by atoms with Crippen LogP contribution in [-0.4, -0.2) is 25.0 Å². The number of sulfone groups is 1. The van der Waals surface area contributed by atoms with E-state index < -0.39 is 9.84 Å². The smallest absolute Gasteiger partial charge is 0.195 e. The van der Waals surface area contributed by atoms with Crippen LogP contribution < -0.4 is 0 Å². The Morgan fingerprint density at radius 2 is 2.13 bits per heavy atom. The molecule has 15 heavy (non-hydrogen) atoms. The Bertz CT molecular complexity index is 447. The highest BCUT2D eigenvalue weighted by atomic mass is 79.9. The number of hydrogen-bond acceptors (Lipinski definition) is 3. The Kier molecular flexibility index (Phi) is 4.55. The van der Waals surface area contributed by atoms with Gasteiger partial charge in [-0.2, -0.15) is 0 Å². The number of aryl methyl sites for hydroxylation is 1. The molecule has 1 aromatic heterocycles. The highest BCUT2D eigenvalue weighted by Crippen LogP contribution is 2.17. The van der Waals surface area contributed by atoms with Gasteiger partial charge in [0.25, 0.3) is 0 Å². The van der Waals surface area contributed by atoms with Gasteiger partial charge in [-0.3, -0.25) is 0 Å². The first-order valence-corrected chi connectivity index (χ1v) is 7.37. The molecule has 0 saturated carbocycles. The summed E-state index contributed by atoms with van der Waals surface area (Å²) in [7, 11) is -3.28. The summed E-state index contributed by atoms with van der Waals surface area (Å²) < 4.78 is 24.2. The lowest BCUT2D eigenvalue weighted by Gasteiger charge is -2.04. The quantitative estimate of drug-likeness (QED) is 0.803. The number of alkyl halides is 1. The van der Waals surface area contributed by atoms with Gasteiger partial charge in [0.1, 0.15) is 0 Å². The molecule has 0 spiro atoms. The van der Waals surface area contributed by atoms with Gasteiger partial charge in [0.15, 0.2) is 14.9 Å². The second-order valence-corrected chi connectivity index (χ2v) is 6.37. The Morgan fingerprint density at radius 1 is 1.47 bits per heavy atom. The number of pyridine rings is 1. The van der Waals surface area contributed by atoms with Gasteiger partial charge in [0, 0.05) is 10.4 Å². The van der Waals surface area contributed by atoms with Gasteiger partial charge >= 0.3 is 0 Å². The number of hydrogen-bond donors (Lipinski definition) is 0. The second kappa shape index (κ2) is 5.27. The van der Waals surface area contributed by atoms with Crippen molar-refractivity contribution in [3.8, 4) is 0 Å².